The molecule has 0 N–H and O–H groups in total. The molecule has 0 aliphatic rings. The van der Waals surface area contributed by atoms with Crippen molar-refractivity contribution >= 4 is 35.7 Å². The van der Waals surface area contributed by atoms with Gasteiger partial charge in [0, 0.05) is 12.1 Å². The molecule has 22 heavy (non-hydrogen) atoms. The van der Waals surface area contributed by atoms with E-state index in [1.54, 1.807) is 12.7 Å². The summed E-state index contributed by atoms with van der Waals surface area (Å²) in [5, 5.41) is 0.723. The molecule has 0 bridgehead atoms. The minimum Gasteiger partial charge on any atom is -0.326 e. The molecule has 2 aromatic carbocycles. The van der Waals surface area contributed by atoms with Crippen molar-refractivity contribution in [1.29, 1.82) is 0 Å². The molecular formula is C18H20ClN3. The van der Waals surface area contributed by atoms with Crippen molar-refractivity contribution in [3.63, 3.8) is 0 Å². The molecule has 0 saturated heterocycles. The van der Waals surface area contributed by atoms with Gasteiger partial charge in [-0.15, -0.1) is 0 Å². The van der Waals surface area contributed by atoms with Crippen LogP contribution in [0.15, 0.2) is 46.4 Å². The van der Waals surface area contributed by atoms with Crippen molar-refractivity contribution in [2.24, 2.45) is 9.98 Å². The van der Waals surface area contributed by atoms with Gasteiger partial charge in [-0.3, -0.25) is 0 Å². The number of hydrogen-bond donors (Lipinski definition) is 0. The zero-order valence-corrected chi connectivity index (χ0v) is 14.1. The molecule has 2 aromatic rings. The zero-order chi connectivity index (χ0) is 16.1. The third-order valence-corrected chi connectivity index (χ3v) is 3.50. The molecule has 0 spiro atoms. The summed E-state index contributed by atoms with van der Waals surface area (Å²) >= 11 is 5.94. The van der Waals surface area contributed by atoms with Crippen LogP contribution in [0.2, 0.25) is 5.02 Å². The lowest BCUT2D eigenvalue weighted by molar-refractivity contribution is 0.801. The molecule has 0 saturated carbocycles. The molecule has 0 aromatic heterocycles. The minimum absolute atomic E-state index is 0.723. The number of aliphatic imine (C=N–C) groups is 2. The number of rotatable bonds is 4. The number of nitrogens with zero attached hydrogens (tertiary/aromatic N) is 3. The van der Waals surface area contributed by atoms with Crippen molar-refractivity contribution < 1.29 is 0 Å². The highest BCUT2D eigenvalue weighted by Crippen LogP contribution is 2.22. The molecule has 0 fully saturated rings. The maximum atomic E-state index is 5.94. The second kappa shape index (κ2) is 7.23. The maximum Gasteiger partial charge on any atom is 0.0961 e. The molecule has 114 valence electrons. The molecule has 0 atom stereocenters. The normalized spacial score (nSPS) is 11.5. The Labute approximate surface area is 137 Å². The number of halogens is 1. The van der Waals surface area contributed by atoms with E-state index < -0.39 is 0 Å². The fraction of sp³-hybridized carbons (Fsp3) is 0.222. The molecule has 0 aliphatic carbocycles. The monoisotopic (exact) mass is 313 g/mol. The summed E-state index contributed by atoms with van der Waals surface area (Å²) < 4.78 is 0. The predicted molar refractivity (Wildman–Crippen MR) is 96.2 cm³/mol. The first-order valence-corrected chi connectivity index (χ1v) is 7.47. The first-order valence-electron chi connectivity index (χ1n) is 7.09. The van der Waals surface area contributed by atoms with Crippen LogP contribution in [0.4, 0.5) is 11.4 Å². The SMILES string of the molecule is Cc1ccc(N=CN(C)C=Nc2ccc(Cl)cc2C)c(C)c1. The van der Waals surface area contributed by atoms with Crippen LogP contribution in [0.5, 0.6) is 0 Å². The largest absolute Gasteiger partial charge is 0.326 e. The third kappa shape index (κ3) is 4.43. The van der Waals surface area contributed by atoms with E-state index >= 15 is 0 Å². The van der Waals surface area contributed by atoms with E-state index in [-0.39, 0.29) is 0 Å². The molecule has 0 heterocycles. The first-order chi connectivity index (χ1) is 10.5. The van der Waals surface area contributed by atoms with E-state index in [0.29, 0.717) is 0 Å². The average molecular weight is 314 g/mol. The van der Waals surface area contributed by atoms with E-state index in [2.05, 4.69) is 36.0 Å². The van der Waals surface area contributed by atoms with Gasteiger partial charge in [0.2, 0.25) is 0 Å². The molecular weight excluding hydrogens is 294 g/mol. The maximum absolute atomic E-state index is 5.94. The van der Waals surface area contributed by atoms with Crippen molar-refractivity contribution in [2.75, 3.05) is 7.05 Å². The van der Waals surface area contributed by atoms with Gasteiger partial charge >= 0.3 is 0 Å². The number of benzene rings is 2. The van der Waals surface area contributed by atoms with Crippen LogP contribution >= 0.6 is 11.6 Å². The van der Waals surface area contributed by atoms with Crippen molar-refractivity contribution in [1.82, 2.24) is 4.90 Å². The molecule has 4 heteroatoms. The van der Waals surface area contributed by atoms with Crippen LogP contribution in [-0.4, -0.2) is 24.6 Å². The fourth-order valence-corrected chi connectivity index (χ4v) is 2.28. The van der Waals surface area contributed by atoms with Crippen molar-refractivity contribution in [3.8, 4) is 0 Å². The standard InChI is InChI=1S/C18H20ClN3/c1-13-5-7-17(14(2)9-13)20-11-22(4)12-21-18-8-6-16(19)10-15(18)3/h5-12H,1-4H3. The van der Waals surface area contributed by atoms with Gasteiger partial charge in [0.1, 0.15) is 0 Å². The lowest BCUT2D eigenvalue weighted by Crippen LogP contribution is -2.12. The van der Waals surface area contributed by atoms with Gasteiger partial charge in [-0.25, -0.2) is 9.98 Å². The second-order valence-electron chi connectivity index (χ2n) is 5.38. The quantitative estimate of drug-likeness (QED) is 0.562. The van der Waals surface area contributed by atoms with Crippen LogP contribution < -0.4 is 0 Å². The van der Waals surface area contributed by atoms with Crippen molar-refractivity contribution in [3.05, 3.63) is 58.1 Å². The fourth-order valence-electron chi connectivity index (χ4n) is 2.05. The van der Waals surface area contributed by atoms with E-state index in [9.17, 15) is 0 Å². The van der Waals surface area contributed by atoms with Gasteiger partial charge < -0.3 is 4.90 Å². The number of hydrogen-bond acceptors (Lipinski definition) is 2. The molecule has 0 aliphatic heterocycles. The highest BCUT2D eigenvalue weighted by atomic mass is 35.5. The van der Waals surface area contributed by atoms with E-state index in [1.165, 1.54) is 5.56 Å². The average Bonchev–Trinajstić information content (AvgIpc) is 2.45. The topological polar surface area (TPSA) is 28.0 Å². The van der Waals surface area contributed by atoms with Crippen LogP contribution in [0, 0.1) is 20.8 Å². The van der Waals surface area contributed by atoms with Gasteiger partial charge in [-0.1, -0.05) is 29.3 Å². The lowest BCUT2D eigenvalue weighted by atomic mass is 10.1. The van der Waals surface area contributed by atoms with Crippen LogP contribution in [0.1, 0.15) is 16.7 Å². The molecule has 2 rings (SSSR count). The lowest BCUT2D eigenvalue weighted by Gasteiger charge is -2.07. The van der Waals surface area contributed by atoms with Crippen molar-refractivity contribution in [2.45, 2.75) is 20.8 Å². The Hall–Kier alpha value is -2.13. The van der Waals surface area contributed by atoms with Gasteiger partial charge in [0.15, 0.2) is 0 Å². The smallest absolute Gasteiger partial charge is 0.0961 e. The Morgan fingerprint density at radius 3 is 1.95 bits per heavy atom. The summed E-state index contributed by atoms with van der Waals surface area (Å²) in [7, 11) is 1.90. The highest BCUT2D eigenvalue weighted by Gasteiger charge is 1.98. The predicted octanol–water partition coefficient (Wildman–Crippen LogP) is 5.22. The Balaban J connectivity index is 2.07. The second-order valence-corrected chi connectivity index (χ2v) is 5.81. The van der Waals surface area contributed by atoms with E-state index in [4.69, 9.17) is 11.6 Å². The van der Waals surface area contributed by atoms with E-state index in [0.717, 1.165) is 27.5 Å². The van der Waals surface area contributed by atoms with Gasteiger partial charge in [0.05, 0.1) is 24.1 Å². The number of aryl methyl sites for hydroxylation is 3. The highest BCUT2D eigenvalue weighted by molar-refractivity contribution is 6.30. The Kier molecular flexibility index (Phi) is 5.34. The Bertz CT molecular complexity index is 659. The third-order valence-electron chi connectivity index (χ3n) is 3.27. The molecule has 3 nitrogen and oxygen atoms in total. The Morgan fingerprint density at radius 1 is 0.864 bits per heavy atom. The summed E-state index contributed by atoms with van der Waals surface area (Å²) in [6.07, 6.45) is 3.50. The summed E-state index contributed by atoms with van der Waals surface area (Å²) in [5.41, 5.74) is 5.31. The van der Waals surface area contributed by atoms with Crippen LogP contribution in [0.25, 0.3) is 0 Å². The first kappa shape index (κ1) is 16.2. The molecule has 0 unspecified atom stereocenters. The van der Waals surface area contributed by atoms with Crippen LogP contribution in [0.3, 0.4) is 0 Å². The zero-order valence-electron chi connectivity index (χ0n) is 13.3. The van der Waals surface area contributed by atoms with Gasteiger partial charge in [-0.2, -0.15) is 0 Å². The molecule has 0 amide bonds. The molecule has 0 radical (unpaired) electrons. The van der Waals surface area contributed by atoms with E-state index in [1.807, 2.05) is 43.1 Å². The van der Waals surface area contributed by atoms with Crippen LogP contribution in [-0.2, 0) is 0 Å². The van der Waals surface area contributed by atoms with Gasteiger partial charge in [-0.05, 0) is 56.2 Å². The summed E-state index contributed by atoms with van der Waals surface area (Å²) in [6.45, 7) is 6.13. The van der Waals surface area contributed by atoms with Gasteiger partial charge in [0.25, 0.3) is 0 Å². The minimum atomic E-state index is 0.723. The summed E-state index contributed by atoms with van der Waals surface area (Å²) in [5.74, 6) is 0. The summed E-state index contributed by atoms with van der Waals surface area (Å²) in [4.78, 5) is 10.8. The Morgan fingerprint density at radius 2 is 1.41 bits per heavy atom. The summed E-state index contributed by atoms with van der Waals surface area (Å²) in [6, 6.07) is 11.9.